The predicted molar refractivity (Wildman–Crippen MR) is 80.2 cm³/mol. The second-order valence-electron chi connectivity index (χ2n) is 4.16. The number of benzene rings is 1. The zero-order valence-corrected chi connectivity index (χ0v) is 12.4. The summed E-state index contributed by atoms with van der Waals surface area (Å²) in [5, 5.41) is 3.48. The van der Waals surface area contributed by atoms with Crippen molar-refractivity contribution in [2.45, 2.75) is 26.1 Å². The van der Waals surface area contributed by atoms with E-state index < -0.39 is 0 Å². The van der Waals surface area contributed by atoms with E-state index in [9.17, 15) is 4.79 Å². The number of aromatic nitrogens is 1. The van der Waals surface area contributed by atoms with Crippen LogP contribution in [0.5, 0.6) is 0 Å². The molecular weight excluding hydrogens is 280 g/mol. The number of alkyl halides is 1. The Morgan fingerprint density at radius 2 is 2.26 bits per heavy atom. The van der Waals surface area contributed by atoms with Crippen LogP contribution in [-0.4, -0.2) is 10.9 Å². The van der Waals surface area contributed by atoms with Crippen molar-refractivity contribution < 1.29 is 4.79 Å². The molecule has 0 spiro atoms. The van der Waals surface area contributed by atoms with Crippen LogP contribution in [0.3, 0.4) is 0 Å². The fourth-order valence-corrected chi connectivity index (χ4v) is 2.84. The van der Waals surface area contributed by atoms with E-state index in [0.717, 1.165) is 22.6 Å². The molecule has 1 aromatic carbocycles. The summed E-state index contributed by atoms with van der Waals surface area (Å²) in [4.78, 5) is 17.6. The quantitative estimate of drug-likeness (QED) is 0.866. The minimum atomic E-state index is -0.150. The molecule has 0 radical (unpaired) electrons. The highest BCUT2D eigenvalue weighted by Crippen LogP contribution is 2.23. The molecule has 100 valence electrons. The monoisotopic (exact) mass is 294 g/mol. The van der Waals surface area contributed by atoms with Gasteiger partial charge in [0.1, 0.15) is 0 Å². The topological polar surface area (TPSA) is 42.0 Å². The lowest BCUT2D eigenvalue weighted by Crippen LogP contribution is -2.11. The second-order valence-corrected chi connectivity index (χ2v) is 5.63. The molecule has 0 aliphatic heterocycles. The first kappa shape index (κ1) is 14.0. The van der Waals surface area contributed by atoms with E-state index in [2.05, 4.69) is 17.2 Å². The summed E-state index contributed by atoms with van der Waals surface area (Å²) in [6.45, 7) is 4.07. The largest absolute Gasteiger partial charge is 0.298 e. The summed E-state index contributed by atoms with van der Waals surface area (Å²) < 4.78 is 0. The smallest absolute Gasteiger partial charge is 0.257 e. The Labute approximate surface area is 121 Å². The molecule has 0 bridgehead atoms. The second kappa shape index (κ2) is 6.17. The molecule has 0 saturated carbocycles. The van der Waals surface area contributed by atoms with E-state index in [0.29, 0.717) is 16.6 Å². The number of amides is 1. The maximum atomic E-state index is 12.1. The van der Waals surface area contributed by atoms with Gasteiger partial charge in [-0.3, -0.25) is 10.1 Å². The van der Waals surface area contributed by atoms with Gasteiger partial charge in [-0.1, -0.05) is 19.1 Å². The number of nitrogens with one attached hydrogen (secondary N) is 1. The van der Waals surface area contributed by atoms with E-state index >= 15 is 0 Å². The van der Waals surface area contributed by atoms with Gasteiger partial charge in [0.15, 0.2) is 5.13 Å². The van der Waals surface area contributed by atoms with Gasteiger partial charge in [-0.25, -0.2) is 4.98 Å². The lowest BCUT2D eigenvalue weighted by atomic mass is 10.1. The SMILES string of the molecule is CCc1nc(NC(=O)c2cccc(CCl)c2)sc1C. The number of nitrogens with zero attached hydrogens (tertiary/aromatic N) is 1. The first-order chi connectivity index (χ1) is 9.13. The number of hydrogen-bond donors (Lipinski definition) is 1. The Kier molecular flexibility index (Phi) is 4.56. The van der Waals surface area contributed by atoms with Gasteiger partial charge in [0, 0.05) is 16.3 Å². The highest BCUT2D eigenvalue weighted by molar-refractivity contribution is 7.15. The number of thiazole rings is 1. The van der Waals surface area contributed by atoms with E-state index in [1.165, 1.54) is 11.3 Å². The van der Waals surface area contributed by atoms with Crippen molar-refractivity contribution in [3.05, 3.63) is 46.0 Å². The molecule has 2 rings (SSSR count). The summed E-state index contributed by atoms with van der Waals surface area (Å²) in [5.74, 6) is 0.251. The van der Waals surface area contributed by atoms with Gasteiger partial charge in [-0.2, -0.15) is 0 Å². The molecular formula is C14H15ClN2OS. The molecule has 1 aromatic heterocycles. The zero-order chi connectivity index (χ0) is 13.8. The number of carbonyl (C=O) groups is 1. The number of carbonyl (C=O) groups excluding carboxylic acids is 1. The molecule has 0 aliphatic carbocycles. The Morgan fingerprint density at radius 3 is 2.89 bits per heavy atom. The standard InChI is InChI=1S/C14H15ClN2OS/c1-3-12-9(2)19-14(16-12)17-13(18)11-6-4-5-10(7-11)8-15/h4-7H,3,8H2,1-2H3,(H,16,17,18). The number of anilines is 1. The van der Waals surface area contributed by atoms with Crippen LogP contribution in [0.1, 0.15) is 33.4 Å². The van der Waals surface area contributed by atoms with Crippen molar-refractivity contribution >= 4 is 34.0 Å². The fraction of sp³-hybridized carbons (Fsp3) is 0.286. The lowest BCUT2D eigenvalue weighted by Gasteiger charge is -2.03. The Morgan fingerprint density at radius 1 is 1.47 bits per heavy atom. The molecule has 0 atom stereocenters. The third-order valence-corrected chi connectivity index (χ3v) is 4.03. The highest BCUT2D eigenvalue weighted by atomic mass is 35.5. The Hall–Kier alpha value is -1.39. The molecule has 0 aliphatic rings. The normalized spacial score (nSPS) is 10.5. The van der Waals surface area contributed by atoms with Crippen LogP contribution in [0.2, 0.25) is 0 Å². The fourth-order valence-electron chi connectivity index (χ4n) is 1.77. The molecule has 1 amide bonds. The molecule has 5 heteroatoms. The molecule has 1 heterocycles. The van der Waals surface area contributed by atoms with Gasteiger partial charge < -0.3 is 0 Å². The average Bonchev–Trinajstić information content (AvgIpc) is 2.78. The molecule has 3 nitrogen and oxygen atoms in total. The molecule has 0 fully saturated rings. The van der Waals surface area contributed by atoms with E-state index in [-0.39, 0.29) is 5.91 Å². The highest BCUT2D eigenvalue weighted by Gasteiger charge is 2.11. The third-order valence-electron chi connectivity index (χ3n) is 2.79. The van der Waals surface area contributed by atoms with Crippen LogP contribution < -0.4 is 5.32 Å². The zero-order valence-electron chi connectivity index (χ0n) is 10.9. The van der Waals surface area contributed by atoms with Crippen molar-refractivity contribution in [3.63, 3.8) is 0 Å². The maximum absolute atomic E-state index is 12.1. The van der Waals surface area contributed by atoms with Gasteiger partial charge >= 0.3 is 0 Å². The van der Waals surface area contributed by atoms with Crippen LogP contribution in [-0.2, 0) is 12.3 Å². The number of halogens is 1. The van der Waals surface area contributed by atoms with Crippen molar-refractivity contribution in [3.8, 4) is 0 Å². The number of aryl methyl sites for hydroxylation is 2. The molecule has 19 heavy (non-hydrogen) atoms. The summed E-state index contributed by atoms with van der Waals surface area (Å²) in [6.07, 6.45) is 0.875. The average molecular weight is 295 g/mol. The van der Waals surface area contributed by atoms with Crippen molar-refractivity contribution in [2.75, 3.05) is 5.32 Å². The number of rotatable bonds is 4. The first-order valence-corrected chi connectivity index (χ1v) is 7.41. The predicted octanol–water partition coefficient (Wildman–Crippen LogP) is 4.01. The number of hydrogen-bond acceptors (Lipinski definition) is 3. The van der Waals surface area contributed by atoms with Gasteiger partial charge in [-0.15, -0.1) is 22.9 Å². The Balaban J connectivity index is 2.15. The van der Waals surface area contributed by atoms with Crippen molar-refractivity contribution in [1.29, 1.82) is 0 Å². The van der Waals surface area contributed by atoms with Gasteiger partial charge in [0.25, 0.3) is 5.91 Å². The minimum absolute atomic E-state index is 0.150. The van der Waals surface area contributed by atoms with E-state index in [4.69, 9.17) is 11.6 Å². The molecule has 0 saturated heterocycles. The van der Waals surface area contributed by atoms with Crippen LogP contribution >= 0.6 is 22.9 Å². The summed E-state index contributed by atoms with van der Waals surface area (Å²) >= 11 is 7.27. The van der Waals surface area contributed by atoms with Crippen LogP contribution in [0.15, 0.2) is 24.3 Å². The Bertz CT molecular complexity index is 595. The first-order valence-electron chi connectivity index (χ1n) is 6.06. The molecule has 0 unspecified atom stereocenters. The lowest BCUT2D eigenvalue weighted by molar-refractivity contribution is 0.102. The van der Waals surface area contributed by atoms with Crippen molar-refractivity contribution in [2.24, 2.45) is 0 Å². The summed E-state index contributed by atoms with van der Waals surface area (Å²) in [6, 6.07) is 7.29. The minimum Gasteiger partial charge on any atom is -0.298 e. The third kappa shape index (κ3) is 3.33. The van der Waals surface area contributed by atoms with Crippen LogP contribution in [0.25, 0.3) is 0 Å². The van der Waals surface area contributed by atoms with Gasteiger partial charge in [0.05, 0.1) is 5.69 Å². The summed E-state index contributed by atoms with van der Waals surface area (Å²) in [5.41, 5.74) is 2.57. The van der Waals surface area contributed by atoms with Gasteiger partial charge in [-0.05, 0) is 31.0 Å². The van der Waals surface area contributed by atoms with Crippen LogP contribution in [0, 0.1) is 6.92 Å². The summed E-state index contributed by atoms with van der Waals surface area (Å²) in [7, 11) is 0. The van der Waals surface area contributed by atoms with Crippen molar-refractivity contribution in [1.82, 2.24) is 4.98 Å². The molecule has 1 N–H and O–H groups in total. The van der Waals surface area contributed by atoms with Crippen LogP contribution in [0.4, 0.5) is 5.13 Å². The van der Waals surface area contributed by atoms with Gasteiger partial charge in [0.2, 0.25) is 0 Å². The maximum Gasteiger partial charge on any atom is 0.257 e. The van der Waals surface area contributed by atoms with E-state index in [1.54, 1.807) is 12.1 Å². The molecule has 2 aromatic rings. The van der Waals surface area contributed by atoms with E-state index in [1.807, 2.05) is 19.1 Å².